The molecule has 1 saturated heterocycles. The molecule has 2 heterocycles. The van der Waals surface area contributed by atoms with Gasteiger partial charge in [-0.2, -0.15) is 4.98 Å². The summed E-state index contributed by atoms with van der Waals surface area (Å²) in [5, 5.41) is 9.99. The van der Waals surface area contributed by atoms with Crippen LogP contribution in [0.5, 0.6) is 17.2 Å². The molecule has 11 nitrogen and oxygen atoms in total. The summed E-state index contributed by atoms with van der Waals surface area (Å²) in [7, 11) is 3.94. The lowest BCUT2D eigenvalue weighted by Gasteiger charge is -2.34. The SMILES string of the molecule is [2H]C1([2H])N(C(=O)OCC(C)(C)O)C([2H])([2H])C([2H])([2H])N(c2nc(N)c3cc(OC)c(OC)c(OC)c3n2)C1([2H])[2H]. The van der Waals surface area contributed by atoms with Crippen molar-refractivity contribution in [2.75, 3.05) is 64.6 Å². The van der Waals surface area contributed by atoms with E-state index in [0.29, 0.717) is 0 Å². The minimum absolute atomic E-state index is 0.0334. The fraction of sp³-hybridized carbons (Fsp3) is 0.550. The number of ether oxygens (including phenoxy) is 4. The summed E-state index contributed by atoms with van der Waals surface area (Å²) < 4.78 is 88.8. The van der Waals surface area contributed by atoms with Gasteiger partial charge < -0.3 is 39.6 Å². The summed E-state index contributed by atoms with van der Waals surface area (Å²) in [6.45, 7) is -12.4. The van der Waals surface area contributed by atoms with Crippen molar-refractivity contribution < 1.29 is 39.8 Å². The highest BCUT2D eigenvalue weighted by atomic mass is 16.6. The average Bonchev–Trinajstić information content (AvgIpc) is 2.79. The van der Waals surface area contributed by atoms with E-state index < -0.39 is 50.2 Å². The number of carbonyl (C=O) groups excluding carboxylic acids is 1. The first kappa shape index (κ1) is 14.0. The second-order valence-corrected chi connectivity index (χ2v) is 6.94. The van der Waals surface area contributed by atoms with Crippen LogP contribution in [0, 0.1) is 0 Å². The van der Waals surface area contributed by atoms with Crippen molar-refractivity contribution in [3.63, 3.8) is 0 Å². The Morgan fingerprint density at radius 2 is 1.81 bits per heavy atom. The molecule has 1 aliphatic rings. The van der Waals surface area contributed by atoms with Gasteiger partial charge in [0.05, 0.1) is 43.3 Å². The smallest absolute Gasteiger partial charge is 0.409 e. The number of nitrogen functional groups attached to an aromatic ring is 1. The van der Waals surface area contributed by atoms with Crippen molar-refractivity contribution in [2.24, 2.45) is 0 Å². The van der Waals surface area contributed by atoms with Crippen molar-refractivity contribution in [1.82, 2.24) is 14.9 Å². The molecule has 0 unspecified atom stereocenters. The molecule has 0 atom stereocenters. The number of methoxy groups -OCH3 is 3. The summed E-state index contributed by atoms with van der Waals surface area (Å²) in [5.41, 5.74) is 4.41. The number of rotatable bonds is 6. The van der Waals surface area contributed by atoms with E-state index in [9.17, 15) is 9.90 Å². The maximum atomic E-state index is 12.8. The molecule has 170 valence electrons. The topological polar surface area (TPSA) is 132 Å². The van der Waals surface area contributed by atoms with E-state index in [1.54, 1.807) is 0 Å². The maximum Gasteiger partial charge on any atom is 0.409 e. The predicted molar refractivity (Wildman–Crippen MR) is 115 cm³/mol. The molecule has 0 saturated carbocycles. The van der Waals surface area contributed by atoms with Gasteiger partial charge in [-0.05, 0) is 19.9 Å². The molecule has 3 rings (SSSR count). The zero-order chi connectivity index (χ0) is 29.9. The minimum atomic E-state index is -3.58. The first-order valence-electron chi connectivity index (χ1n) is 13.0. The number of hydrogen-bond acceptors (Lipinski definition) is 10. The molecule has 0 radical (unpaired) electrons. The van der Waals surface area contributed by atoms with Gasteiger partial charge in [0.15, 0.2) is 11.5 Å². The van der Waals surface area contributed by atoms with Crippen LogP contribution in [0.15, 0.2) is 6.07 Å². The van der Waals surface area contributed by atoms with E-state index in [4.69, 9.17) is 35.6 Å². The largest absolute Gasteiger partial charge is 0.493 e. The van der Waals surface area contributed by atoms with E-state index in [2.05, 4.69) is 9.97 Å². The van der Waals surface area contributed by atoms with Crippen LogP contribution in [-0.2, 0) is 4.74 Å². The number of nitrogens with zero attached hydrogens (tertiary/aromatic N) is 4. The fourth-order valence-electron chi connectivity index (χ4n) is 2.59. The van der Waals surface area contributed by atoms with Gasteiger partial charge in [0.2, 0.25) is 11.7 Å². The van der Waals surface area contributed by atoms with Crippen molar-refractivity contribution in [2.45, 2.75) is 19.4 Å². The van der Waals surface area contributed by atoms with Crippen LogP contribution in [0.3, 0.4) is 0 Å². The predicted octanol–water partition coefficient (Wildman–Crippen LogP) is 1.27. The Labute approximate surface area is 191 Å². The Morgan fingerprint density at radius 1 is 1.16 bits per heavy atom. The Hall–Kier alpha value is -3.21. The number of fused-ring (bicyclic) bond motifs is 1. The first-order valence-corrected chi connectivity index (χ1v) is 8.96. The summed E-state index contributed by atoms with van der Waals surface area (Å²) in [6.07, 6.45) is -1.74. The molecule has 1 amide bonds. The Balaban J connectivity index is 2.28. The number of hydrogen-bond donors (Lipinski definition) is 2. The van der Waals surface area contributed by atoms with Gasteiger partial charge in [-0.25, -0.2) is 9.78 Å². The van der Waals surface area contributed by atoms with Gasteiger partial charge in [-0.1, -0.05) is 0 Å². The number of aromatic nitrogens is 2. The van der Waals surface area contributed by atoms with Crippen LogP contribution in [-0.4, -0.2) is 85.6 Å². The summed E-state index contributed by atoms with van der Waals surface area (Å²) >= 11 is 0. The molecule has 11 heteroatoms. The highest BCUT2D eigenvalue weighted by molar-refractivity contribution is 5.97. The molecule has 1 aromatic carbocycles. The van der Waals surface area contributed by atoms with Crippen LogP contribution in [0.2, 0.25) is 0 Å². The number of carbonyl (C=O) groups is 1. The zero-order valence-electron chi connectivity index (χ0n) is 25.6. The number of aliphatic hydroxyl groups is 1. The second kappa shape index (κ2) is 8.88. The molecular weight excluding hydrogens is 406 g/mol. The van der Waals surface area contributed by atoms with Crippen LogP contribution >= 0.6 is 0 Å². The Kier molecular flexibility index (Phi) is 4.00. The molecule has 2 aromatic rings. The van der Waals surface area contributed by atoms with E-state index in [1.165, 1.54) is 41.2 Å². The van der Waals surface area contributed by atoms with Crippen molar-refractivity contribution in [3.05, 3.63) is 6.07 Å². The van der Waals surface area contributed by atoms with Crippen LogP contribution in [0.25, 0.3) is 10.9 Å². The minimum Gasteiger partial charge on any atom is -0.493 e. The lowest BCUT2D eigenvalue weighted by Crippen LogP contribution is -2.50. The number of nitrogens with two attached hydrogens (primary N) is 1. The monoisotopic (exact) mass is 443 g/mol. The Bertz CT molecular complexity index is 1260. The summed E-state index contributed by atoms with van der Waals surface area (Å²) in [5.74, 6) is -0.982. The molecule has 0 spiro atoms. The van der Waals surface area contributed by atoms with Gasteiger partial charge in [0.25, 0.3) is 0 Å². The lowest BCUT2D eigenvalue weighted by atomic mass is 10.2. The number of amides is 1. The summed E-state index contributed by atoms with van der Waals surface area (Å²) in [6, 6.07) is 1.40. The number of benzene rings is 1. The first-order chi connectivity index (χ1) is 17.7. The molecule has 1 aliphatic heterocycles. The molecule has 1 fully saturated rings. The molecule has 1 aromatic heterocycles. The summed E-state index contributed by atoms with van der Waals surface area (Å²) in [4.78, 5) is 20.6. The van der Waals surface area contributed by atoms with Gasteiger partial charge in [-0.15, -0.1) is 0 Å². The third kappa shape index (κ3) is 4.76. The highest BCUT2D eigenvalue weighted by Crippen LogP contribution is 2.44. The van der Waals surface area contributed by atoms with E-state index in [0.717, 1.165) is 0 Å². The van der Waals surface area contributed by atoms with Crippen LogP contribution in [0.1, 0.15) is 24.8 Å². The number of anilines is 2. The molecule has 3 N–H and O–H groups in total. The normalized spacial score (nSPS) is 24.8. The van der Waals surface area contributed by atoms with Gasteiger partial charge in [-0.3, -0.25) is 0 Å². The van der Waals surface area contributed by atoms with E-state index >= 15 is 0 Å². The molecule has 0 bridgehead atoms. The highest BCUT2D eigenvalue weighted by Gasteiger charge is 2.27. The fourth-order valence-corrected chi connectivity index (χ4v) is 2.59. The van der Waals surface area contributed by atoms with Crippen molar-refractivity contribution in [1.29, 1.82) is 0 Å². The van der Waals surface area contributed by atoms with Gasteiger partial charge >= 0.3 is 6.09 Å². The quantitative estimate of drug-likeness (QED) is 0.672. The standard InChI is InChI=1S/C20H29N5O6/c1-20(2,27)11-31-19(26)25-8-6-24(7-9-25)18-22-14-12(17(21)23-18)10-13(28-3)15(29-4)16(14)30-5/h10,27H,6-9,11H2,1-5H3,(H2,21,22,23)/i6D2,7D2,8D2,9D2. The number of piperazine rings is 1. The molecule has 31 heavy (non-hydrogen) atoms. The van der Waals surface area contributed by atoms with Crippen LogP contribution in [0.4, 0.5) is 16.6 Å². The Morgan fingerprint density at radius 3 is 2.35 bits per heavy atom. The maximum absolute atomic E-state index is 12.8. The third-order valence-electron chi connectivity index (χ3n) is 3.99. The third-order valence-corrected chi connectivity index (χ3v) is 3.99. The molecule has 0 aliphatic carbocycles. The van der Waals surface area contributed by atoms with Crippen LogP contribution < -0.4 is 24.8 Å². The van der Waals surface area contributed by atoms with Gasteiger partial charge in [0.1, 0.15) is 17.9 Å². The second-order valence-electron chi connectivity index (χ2n) is 6.94. The van der Waals surface area contributed by atoms with E-state index in [-0.39, 0.29) is 43.8 Å². The lowest BCUT2D eigenvalue weighted by molar-refractivity contribution is -0.00415. The average molecular weight is 444 g/mol. The van der Waals surface area contributed by atoms with E-state index in [1.807, 2.05) is 0 Å². The van der Waals surface area contributed by atoms with Crippen molar-refractivity contribution in [3.8, 4) is 17.2 Å². The zero-order valence-corrected chi connectivity index (χ0v) is 17.6. The van der Waals surface area contributed by atoms with Gasteiger partial charge in [0, 0.05) is 26.0 Å². The molecular formula is C20H29N5O6. The van der Waals surface area contributed by atoms with Crippen molar-refractivity contribution >= 4 is 28.8 Å².